The van der Waals surface area contributed by atoms with E-state index in [4.69, 9.17) is 11.6 Å². The van der Waals surface area contributed by atoms with Gasteiger partial charge in [0, 0.05) is 5.88 Å². The monoisotopic (exact) mass is 142 g/mol. The van der Waals surface area contributed by atoms with Crippen molar-refractivity contribution < 1.29 is 0 Å². The van der Waals surface area contributed by atoms with Crippen LogP contribution in [0.5, 0.6) is 0 Å². The van der Waals surface area contributed by atoms with Crippen LogP contribution in [0, 0.1) is 6.92 Å². The second kappa shape index (κ2) is 2.78. The van der Waals surface area contributed by atoms with Crippen LogP contribution < -0.4 is 0 Å². The number of aryl methyl sites for hydroxylation is 1. The average molecular weight is 143 g/mol. The third kappa shape index (κ3) is 1.39. The molecule has 0 fully saturated rings. The second-order valence-electron chi connectivity index (χ2n) is 1.83. The number of hydrogen-bond acceptors (Lipinski definition) is 2. The summed E-state index contributed by atoms with van der Waals surface area (Å²) in [6.45, 7) is 1.96. The minimum Gasteiger partial charge on any atom is -0.159 e. The highest BCUT2D eigenvalue weighted by Gasteiger charge is 1.93. The molecule has 2 nitrogen and oxygen atoms in total. The molecule has 0 saturated heterocycles. The van der Waals surface area contributed by atoms with Crippen molar-refractivity contribution in [3.8, 4) is 0 Å². The molecular formula is C6H7ClN2. The van der Waals surface area contributed by atoms with Gasteiger partial charge < -0.3 is 0 Å². The highest BCUT2D eigenvalue weighted by atomic mass is 35.5. The van der Waals surface area contributed by atoms with Gasteiger partial charge in [0.1, 0.15) is 0 Å². The molecule has 9 heavy (non-hydrogen) atoms. The summed E-state index contributed by atoms with van der Waals surface area (Å²) in [5.74, 6) is 0.515. The summed E-state index contributed by atoms with van der Waals surface area (Å²) >= 11 is 5.56. The highest BCUT2D eigenvalue weighted by Crippen LogP contribution is 2.05. The van der Waals surface area contributed by atoms with Crippen LogP contribution in [0.4, 0.5) is 0 Å². The molecule has 0 N–H and O–H groups in total. The van der Waals surface area contributed by atoms with E-state index in [2.05, 4.69) is 10.2 Å². The Bertz CT molecular complexity index is 200. The number of halogens is 1. The predicted octanol–water partition coefficient (Wildman–Crippen LogP) is 1.52. The van der Waals surface area contributed by atoms with Crippen LogP contribution in [0.2, 0.25) is 0 Å². The number of hydrogen-bond donors (Lipinski definition) is 0. The smallest absolute Gasteiger partial charge is 0.0543 e. The molecule has 0 bridgehead atoms. The van der Waals surface area contributed by atoms with Gasteiger partial charge in [0.05, 0.1) is 12.4 Å². The molecule has 0 aliphatic rings. The Morgan fingerprint density at radius 2 is 2.11 bits per heavy atom. The fourth-order valence-corrected chi connectivity index (χ4v) is 0.827. The second-order valence-corrected chi connectivity index (χ2v) is 2.10. The first-order valence-corrected chi connectivity index (χ1v) is 3.20. The molecule has 0 spiro atoms. The predicted molar refractivity (Wildman–Crippen MR) is 36.3 cm³/mol. The van der Waals surface area contributed by atoms with Crippen molar-refractivity contribution in [1.82, 2.24) is 10.2 Å². The summed E-state index contributed by atoms with van der Waals surface area (Å²) in [6, 6.07) is 0. The fraction of sp³-hybridized carbons (Fsp3) is 0.333. The third-order valence-corrected chi connectivity index (χ3v) is 1.47. The lowest BCUT2D eigenvalue weighted by molar-refractivity contribution is 0.989. The molecule has 0 saturated carbocycles. The van der Waals surface area contributed by atoms with Crippen LogP contribution in [0.3, 0.4) is 0 Å². The molecule has 1 rings (SSSR count). The molecule has 0 amide bonds. The minimum absolute atomic E-state index is 0.515. The maximum absolute atomic E-state index is 5.56. The summed E-state index contributed by atoms with van der Waals surface area (Å²) in [6.07, 6.45) is 3.39. The maximum Gasteiger partial charge on any atom is 0.0543 e. The van der Waals surface area contributed by atoms with Crippen molar-refractivity contribution >= 4 is 11.6 Å². The van der Waals surface area contributed by atoms with E-state index in [0.717, 1.165) is 11.1 Å². The fourth-order valence-electron chi connectivity index (χ4n) is 0.548. The summed E-state index contributed by atoms with van der Waals surface area (Å²) < 4.78 is 0. The Kier molecular flexibility index (Phi) is 2.01. The Morgan fingerprint density at radius 1 is 1.44 bits per heavy atom. The molecule has 0 aliphatic heterocycles. The van der Waals surface area contributed by atoms with E-state index < -0.39 is 0 Å². The lowest BCUT2D eigenvalue weighted by Gasteiger charge is -1.95. The first-order chi connectivity index (χ1) is 4.34. The molecule has 0 radical (unpaired) electrons. The van der Waals surface area contributed by atoms with Crippen molar-refractivity contribution in [3.63, 3.8) is 0 Å². The van der Waals surface area contributed by atoms with Crippen molar-refractivity contribution in [2.24, 2.45) is 0 Å². The number of nitrogens with zero attached hydrogens (tertiary/aromatic N) is 2. The zero-order valence-corrected chi connectivity index (χ0v) is 5.89. The van der Waals surface area contributed by atoms with Gasteiger partial charge in [-0.3, -0.25) is 0 Å². The van der Waals surface area contributed by atoms with Crippen LogP contribution >= 0.6 is 11.6 Å². The van der Waals surface area contributed by atoms with Gasteiger partial charge in [0.2, 0.25) is 0 Å². The first-order valence-electron chi connectivity index (χ1n) is 2.66. The van der Waals surface area contributed by atoms with Crippen LogP contribution in [0.25, 0.3) is 0 Å². The Hall–Kier alpha value is -0.630. The standard InChI is InChI=1S/C6H7ClN2/c1-5-3-8-9-4-6(5)2-7/h3-4H,2H2,1H3. The SMILES string of the molecule is Cc1cnncc1CCl. The zero-order chi connectivity index (χ0) is 6.69. The van der Waals surface area contributed by atoms with Gasteiger partial charge >= 0.3 is 0 Å². The van der Waals surface area contributed by atoms with Crippen LogP contribution in [-0.4, -0.2) is 10.2 Å². The summed E-state index contributed by atoms with van der Waals surface area (Å²) in [7, 11) is 0. The van der Waals surface area contributed by atoms with E-state index in [1.165, 1.54) is 0 Å². The highest BCUT2D eigenvalue weighted by molar-refractivity contribution is 6.17. The normalized spacial score (nSPS) is 9.56. The van der Waals surface area contributed by atoms with Gasteiger partial charge in [-0.25, -0.2) is 0 Å². The van der Waals surface area contributed by atoms with Crippen molar-refractivity contribution in [2.75, 3.05) is 0 Å². The lowest BCUT2D eigenvalue weighted by atomic mass is 10.2. The number of aromatic nitrogens is 2. The first kappa shape index (κ1) is 6.49. The van der Waals surface area contributed by atoms with E-state index in [9.17, 15) is 0 Å². The molecule has 1 aromatic heterocycles. The molecule has 0 aliphatic carbocycles. The van der Waals surface area contributed by atoms with E-state index in [1.807, 2.05) is 6.92 Å². The van der Waals surface area contributed by atoms with Gasteiger partial charge in [-0.05, 0) is 18.1 Å². The maximum atomic E-state index is 5.56. The largest absolute Gasteiger partial charge is 0.159 e. The van der Waals surface area contributed by atoms with Gasteiger partial charge in [0.15, 0.2) is 0 Å². The van der Waals surface area contributed by atoms with Gasteiger partial charge in [-0.1, -0.05) is 0 Å². The molecule has 0 unspecified atom stereocenters. The van der Waals surface area contributed by atoms with Crippen molar-refractivity contribution in [2.45, 2.75) is 12.8 Å². The molecule has 3 heteroatoms. The third-order valence-electron chi connectivity index (χ3n) is 1.18. The quantitative estimate of drug-likeness (QED) is 0.556. The molecule has 1 heterocycles. The average Bonchev–Trinajstić information content (AvgIpc) is 1.89. The molecule has 1 aromatic rings. The van der Waals surface area contributed by atoms with Crippen LogP contribution in [-0.2, 0) is 5.88 Å². The Morgan fingerprint density at radius 3 is 2.56 bits per heavy atom. The van der Waals surface area contributed by atoms with Gasteiger partial charge in [-0.15, -0.1) is 11.6 Å². The van der Waals surface area contributed by atoms with E-state index >= 15 is 0 Å². The minimum atomic E-state index is 0.515. The molecule has 0 aromatic carbocycles. The molecule has 0 atom stereocenters. The van der Waals surface area contributed by atoms with Crippen LogP contribution in [0.1, 0.15) is 11.1 Å². The summed E-state index contributed by atoms with van der Waals surface area (Å²) in [5.41, 5.74) is 2.15. The van der Waals surface area contributed by atoms with Crippen LogP contribution in [0.15, 0.2) is 12.4 Å². The Balaban J connectivity index is 3.01. The molecular weight excluding hydrogens is 136 g/mol. The Labute approximate surface area is 58.9 Å². The van der Waals surface area contributed by atoms with Gasteiger partial charge in [0.25, 0.3) is 0 Å². The molecule has 48 valence electrons. The number of alkyl halides is 1. The van der Waals surface area contributed by atoms with E-state index in [0.29, 0.717) is 5.88 Å². The topological polar surface area (TPSA) is 25.8 Å². The van der Waals surface area contributed by atoms with E-state index in [-0.39, 0.29) is 0 Å². The van der Waals surface area contributed by atoms with Gasteiger partial charge in [-0.2, -0.15) is 10.2 Å². The summed E-state index contributed by atoms with van der Waals surface area (Å²) in [4.78, 5) is 0. The lowest BCUT2D eigenvalue weighted by Crippen LogP contribution is -1.88. The van der Waals surface area contributed by atoms with Crippen molar-refractivity contribution in [3.05, 3.63) is 23.5 Å². The van der Waals surface area contributed by atoms with E-state index in [1.54, 1.807) is 12.4 Å². The zero-order valence-electron chi connectivity index (χ0n) is 5.13. The van der Waals surface area contributed by atoms with Crippen molar-refractivity contribution in [1.29, 1.82) is 0 Å². The summed E-state index contributed by atoms with van der Waals surface area (Å²) in [5, 5.41) is 7.37. The number of rotatable bonds is 1.